The van der Waals surface area contributed by atoms with Crippen molar-refractivity contribution in [2.75, 3.05) is 12.4 Å². The SMILES string of the molecule is Cc1ccc(SCC(=O)NNC(=O)COc2ccccc2Cl)cc1C. The summed E-state index contributed by atoms with van der Waals surface area (Å²) in [6.07, 6.45) is 0. The number of ether oxygens (including phenoxy) is 1. The van der Waals surface area contributed by atoms with Gasteiger partial charge in [-0.2, -0.15) is 0 Å². The predicted octanol–water partition coefficient (Wildman–Crippen LogP) is 3.28. The minimum atomic E-state index is -0.468. The van der Waals surface area contributed by atoms with Crippen LogP contribution in [0.2, 0.25) is 5.02 Å². The van der Waals surface area contributed by atoms with Gasteiger partial charge in [0.05, 0.1) is 10.8 Å². The molecule has 2 rings (SSSR count). The molecule has 2 N–H and O–H groups in total. The highest BCUT2D eigenvalue weighted by Crippen LogP contribution is 2.23. The van der Waals surface area contributed by atoms with Gasteiger partial charge in [-0.25, -0.2) is 0 Å². The number of hydrogen-bond donors (Lipinski definition) is 2. The van der Waals surface area contributed by atoms with E-state index in [2.05, 4.69) is 10.9 Å². The number of aryl methyl sites for hydroxylation is 2. The highest BCUT2D eigenvalue weighted by atomic mass is 35.5. The third-order valence-electron chi connectivity index (χ3n) is 3.39. The zero-order chi connectivity index (χ0) is 18.2. The van der Waals surface area contributed by atoms with Crippen LogP contribution in [-0.2, 0) is 9.59 Å². The van der Waals surface area contributed by atoms with Crippen LogP contribution in [-0.4, -0.2) is 24.2 Å². The summed E-state index contributed by atoms with van der Waals surface area (Å²) in [4.78, 5) is 24.5. The molecule has 0 heterocycles. The number of thioether (sulfide) groups is 1. The van der Waals surface area contributed by atoms with Crippen LogP contribution in [0.4, 0.5) is 0 Å². The summed E-state index contributed by atoms with van der Waals surface area (Å²) in [5, 5.41) is 0.420. The molecule has 0 atom stereocenters. The molecule has 0 saturated heterocycles. The van der Waals surface area contributed by atoms with E-state index in [4.69, 9.17) is 16.3 Å². The first-order valence-corrected chi connectivity index (χ1v) is 8.97. The van der Waals surface area contributed by atoms with Gasteiger partial charge in [0.25, 0.3) is 5.91 Å². The van der Waals surface area contributed by atoms with E-state index in [1.54, 1.807) is 24.3 Å². The van der Waals surface area contributed by atoms with E-state index in [0.717, 1.165) is 4.90 Å². The molecule has 0 aromatic heterocycles. The molecule has 0 bridgehead atoms. The summed E-state index contributed by atoms with van der Waals surface area (Å²) in [6.45, 7) is 3.82. The molecule has 5 nitrogen and oxygen atoms in total. The lowest BCUT2D eigenvalue weighted by Crippen LogP contribution is -2.44. The molecule has 2 aromatic rings. The van der Waals surface area contributed by atoms with Gasteiger partial charge < -0.3 is 4.74 Å². The Kier molecular flexibility index (Phi) is 7.16. The van der Waals surface area contributed by atoms with E-state index in [0.29, 0.717) is 10.8 Å². The van der Waals surface area contributed by atoms with E-state index < -0.39 is 5.91 Å². The summed E-state index contributed by atoms with van der Waals surface area (Å²) in [6, 6.07) is 12.9. The molecule has 0 aliphatic carbocycles. The molecule has 7 heteroatoms. The number of para-hydroxylation sites is 1. The van der Waals surface area contributed by atoms with Crippen molar-refractivity contribution >= 4 is 35.2 Å². The largest absolute Gasteiger partial charge is 0.482 e. The van der Waals surface area contributed by atoms with Crippen LogP contribution in [0.3, 0.4) is 0 Å². The van der Waals surface area contributed by atoms with Crippen LogP contribution in [0.5, 0.6) is 5.75 Å². The fourth-order valence-corrected chi connectivity index (χ4v) is 2.85. The van der Waals surface area contributed by atoms with Crippen molar-refractivity contribution in [2.24, 2.45) is 0 Å². The van der Waals surface area contributed by atoms with E-state index in [9.17, 15) is 9.59 Å². The third kappa shape index (κ3) is 6.32. The molecule has 0 saturated carbocycles. The summed E-state index contributed by atoms with van der Waals surface area (Å²) in [5.74, 6) is -0.150. The van der Waals surface area contributed by atoms with Crippen LogP contribution in [0, 0.1) is 13.8 Å². The number of carbonyl (C=O) groups excluding carboxylic acids is 2. The summed E-state index contributed by atoms with van der Waals surface area (Å²) in [5.41, 5.74) is 7.05. The number of amides is 2. The second kappa shape index (κ2) is 9.34. The fourth-order valence-electron chi connectivity index (χ4n) is 1.87. The quantitative estimate of drug-likeness (QED) is 0.598. The van der Waals surface area contributed by atoms with E-state index in [-0.39, 0.29) is 18.3 Å². The van der Waals surface area contributed by atoms with Crippen molar-refractivity contribution in [3.63, 3.8) is 0 Å². The number of hydrazine groups is 1. The van der Waals surface area contributed by atoms with E-state index in [1.807, 2.05) is 32.0 Å². The van der Waals surface area contributed by atoms with Crippen molar-refractivity contribution in [2.45, 2.75) is 18.7 Å². The van der Waals surface area contributed by atoms with Gasteiger partial charge >= 0.3 is 0 Å². The number of hydrogen-bond acceptors (Lipinski definition) is 4. The van der Waals surface area contributed by atoms with Crippen LogP contribution in [0.15, 0.2) is 47.4 Å². The van der Waals surface area contributed by atoms with E-state index >= 15 is 0 Å². The van der Waals surface area contributed by atoms with Gasteiger partial charge in [0.15, 0.2) is 6.61 Å². The van der Waals surface area contributed by atoms with Crippen LogP contribution in [0.25, 0.3) is 0 Å². The molecule has 0 aliphatic rings. The number of carbonyl (C=O) groups is 2. The molecule has 0 spiro atoms. The van der Waals surface area contributed by atoms with Crippen molar-refractivity contribution in [3.05, 3.63) is 58.6 Å². The number of benzene rings is 2. The van der Waals surface area contributed by atoms with Crippen molar-refractivity contribution in [3.8, 4) is 5.75 Å². The minimum absolute atomic E-state index is 0.203. The maximum Gasteiger partial charge on any atom is 0.276 e. The van der Waals surface area contributed by atoms with Gasteiger partial charge in [0.1, 0.15) is 5.75 Å². The zero-order valence-corrected chi connectivity index (χ0v) is 15.5. The van der Waals surface area contributed by atoms with Gasteiger partial charge in [-0.3, -0.25) is 20.4 Å². The number of halogens is 1. The van der Waals surface area contributed by atoms with Gasteiger partial charge in [-0.1, -0.05) is 29.8 Å². The number of nitrogens with one attached hydrogen (secondary N) is 2. The van der Waals surface area contributed by atoms with Gasteiger partial charge in [-0.05, 0) is 49.2 Å². The molecular weight excluding hydrogens is 360 g/mol. The maximum atomic E-state index is 11.8. The summed E-state index contributed by atoms with van der Waals surface area (Å²) in [7, 11) is 0. The molecule has 2 amide bonds. The first kappa shape index (κ1) is 19.1. The van der Waals surface area contributed by atoms with Crippen LogP contribution in [0.1, 0.15) is 11.1 Å². The third-order valence-corrected chi connectivity index (χ3v) is 4.69. The molecule has 132 valence electrons. The van der Waals surface area contributed by atoms with Crippen LogP contribution >= 0.6 is 23.4 Å². The molecule has 0 unspecified atom stereocenters. The second-order valence-electron chi connectivity index (χ2n) is 5.35. The normalized spacial score (nSPS) is 10.2. The smallest absolute Gasteiger partial charge is 0.276 e. The summed E-state index contributed by atoms with van der Waals surface area (Å²) >= 11 is 7.33. The Hall–Kier alpha value is -2.18. The zero-order valence-electron chi connectivity index (χ0n) is 14.0. The number of rotatable bonds is 6. The molecular formula is C18H19ClN2O3S. The topological polar surface area (TPSA) is 67.4 Å². The molecule has 2 aromatic carbocycles. The monoisotopic (exact) mass is 378 g/mol. The van der Waals surface area contributed by atoms with Crippen molar-refractivity contribution in [1.29, 1.82) is 0 Å². The lowest BCUT2D eigenvalue weighted by molar-refractivity contribution is -0.128. The Morgan fingerprint density at radius 2 is 1.76 bits per heavy atom. The Bertz CT molecular complexity index is 768. The van der Waals surface area contributed by atoms with Gasteiger partial charge in [-0.15, -0.1) is 11.8 Å². The Balaban J connectivity index is 1.69. The molecule has 0 radical (unpaired) electrons. The van der Waals surface area contributed by atoms with Crippen LogP contribution < -0.4 is 15.6 Å². The van der Waals surface area contributed by atoms with Crippen molar-refractivity contribution < 1.29 is 14.3 Å². The second-order valence-corrected chi connectivity index (χ2v) is 6.81. The highest BCUT2D eigenvalue weighted by molar-refractivity contribution is 8.00. The fraction of sp³-hybridized carbons (Fsp3) is 0.222. The first-order chi connectivity index (χ1) is 12.0. The van der Waals surface area contributed by atoms with Crippen molar-refractivity contribution in [1.82, 2.24) is 10.9 Å². The lowest BCUT2D eigenvalue weighted by atomic mass is 10.1. The highest BCUT2D eigenvalue weighted by Gasteiger charge is 2.08. The molecule has 25 heavy (non-hydrogen) atoms. The average molecular weight is 379 g/mol. The predicted molar refractivity (Wildman–Crippen MR) is 99.9 cm³/mol. The van der Waals surface area contributed by atoms with Gasteiger partial charge in [0.2, 0.25) is 5.91 Å². The summed E-state index contributed by atoms with van der Waals surface area (Å²) < 4.78 is 5.28. The Morgan fingerprint density at radius 1 is 1.04 bits per heavy atom. The maximum absolute atomic E-state index is 11.8. The Morgan fingerprint density at radius 3 is 2.48 bits per heavy atom. The lowest BCUT2D eigenvalue weighted by Gasteiger charge is -2.10. The molecule has 0 aliphatic heterocycles. The first-order valence-electron chi connectivity index (χ1n) is 7.61. The Labute approximate surface area is 156 Å². The van der Waals surface area contributed by atoms with Gasteiger partial charge in [0, 0.05) is 4.90 Å². The standard InChI is InChI=1S/C18H19ClN2O3S/c1-12-7-8-14(9-13(12)2)25-11-18(23)21-20-17(22)10-24-16-6-4-3-5-15(16)19/h3-9H,10-11H2,1-2H3,(H,20,22)(H,21,23). The van der Waals surface area contributed by atoms with E-state index in [1.165, 1.54) is 22.9 Å². The molecule has 0 fully saturated rings. The minimum Gasteiger partial charge on any atom is -0.482 e. The average Bonchev–Trinajstić information content (AvgIpc) is 2.60.